The van der Waals surface area contributed by atoms with Crippen LogP contribution >= 0.6 is 0 Å². The number of hydrogen-bond acceptors (Lipinski definition) is 5. The fraction of sp³-hybridized carbons (Fsp3) is 1.00. The first-order valence-corrected chi connectivity index (χ1v) is 3.40. The molecule has 6 heteroatoms. The molecule has 0 saturated carbocycles. The van der Waals surface area contributed by atoms with Gasteiger partial charge in [-0.15, -0.1) is 0 Å². The second kappa shape index (κ2) is 4.68. The maximum absolute atomic E-state index is 10.2. The van der Waals surface area contributed by atoms with Gasteiger partial charge < -0.3 is 6.15 Å². The Morgan fingerprint density at radius 2 is 1.89 bits per heavy atom. The highest BCUT2D eigenvalue weighted by molar-refractivity contribution is 7.81. The maximum Gasteiger partial charge on any atom is 0.399 e. The molecule has 0 aromatic rings. The van der Waals surface area contributed by atoms with E-state index >= 15 is 0 Å². The van der Waals surface area contributed by atoms with Crippen molar-refractivity contribution in [3.63, 3.8) is 0 Å². The van der Waals surface area contributed by atoms with E-state index in [1.807, 2.05) is 0 Å². The Kier molecular flexibility index (Phi) is 6.04. The minimum Gasteiger partial charge on any atom is -0.344 e. The van der Waals surface area contributed by atoms with Crippen LogP contribution in [0.15, 0.2) is 0 Å². The van der Waals surface area contributed by atoms with Gasteiger partial charge in [0.15, 0.2) is 0 Å². The predicted molar refractivity (Wildman–Crippen MR) is 32.6 cm³/mol. The lowest BCUT2D eigenvalue weighted by Crippen LogP contribution is -2.06. The van der Waals surface area contributed by atoms with Gasteiger partial charge in [-0.05, 0) is 6.92 Å². The Balaban J connectivity index is 0. The fourth-order valence-corrected chi connectivity index (χ4v) is 0.577. The highest BCUT2D eigenvalue weighted by Gasteiger charge is 2.04. The van der Waals surface area contributed by atoms with Crippen LogP contribution in [0.1, 0.15) is 6.92 Å². The van der Waals surface area contributed by atoms with Gasteiger partial charge in [-0.2, -0.15) is 8.42 Å². The summed E-state index contributed by atoms with van der Waals surface area (Å²) in [5.74, 6) is 0. The van der Waals surface area contributed by atoms with Crippen molar-refractivity contribution >= 4 is 10.4 Å². The Hall–Kier alpha value is -0.170. The van der Waals surface area contributed by atoms with Gasteiger partial charge in [0.1, 0.15) is 0 Å². The quantitative estimate of drug-likeness (QED) is 0.626. The molecule has 0 atom stereocenters. The SMILES string of the molecule is CCOS(=O)(=O)OC.N. The van der Waals surface area contributed by atoms with Crippen molar-refractivity contribution < 1.29 is 16.8 Å². The van der Waals surface area contributed by atoms with Crippen LogP contribution < -0.4 is 6.15 Å². The number of rotatable bonds is 3. The molecule has 0 aliphatic carbocycles. The van der Waals surface area contributed by atoms with Crippen LogP contribution in [0.3, 0.4) is 0 Å². The van der Waals surface area contributed by atoms with Crippen molar-refractivity contribution in [2.45, 2.75) is 6.92 Å². The van der Waals surface area contributed by atoms with Crippen LogP contribution in [0.5, 0.6) is 0 Å². The molecule has 5 nitrogen and oxygen atoms in total. The molecule has 0 bridgehead atoms. The van der Waals surface area contributed by atoms with Crippen molar-refractivity contribution in [2.75, 3.05) is 13.7 Å². The standard InChI is InChI=1S/C3H8O4S.H3N/c1-3-7-8(4,5)6-2;/h3H2,1-2H3;1H3. The lowest BCUT2D eigenvalue weighted by Gasteiger charge is -1.95. The zero-order chi connectivity index (χ0) is 6.62. The zero-order valence-corrected chi connectivity index (χ0v) is 6.27. The fourth-order valence-electron chi connectivity index (χ4n) is 0.192. The van der Waals surface area contributed by atoms with Crippen molar-refractivity contribution in [1.29, 1.82) is 0 Å². The van der Waals surface area contributed by atoms with Gasteiger partial charge >= 0.3 is 10.4 Å². The summed E-state index contributed by atoms with van der Waals surface area (Å²) in [4.78, 5) is 0. The van der Waals surface area contributed by atoms with Crippen LogP contribution in [0.25, 0.3) is 0 Å². The monoisotopic (exact) mass is 157 g/mol. The minimum absolute atomic E-state index is 0. The van der Waals surface area contributed by atoms with Crippen LogP contribution in [0, 0.1) is 0 Å². The van der Waals surface area contributed by atoms with Gasteiger partial charge in [0.2, 0.25) is 0 Å². The van der Waals surface area contributed by atoms with Gasteiger partial charge in [-0.25, -0.2) is 4.18 Å². The van der Waals surface area contributed by atoms with E-state index in [1.165, 1.54) is 0 Å². The summed E-state index contributed by atoms with van der Waals surface area (Å²) in [7, 11) is -2.62. The molecule has 58 valence electrons. The zero-order valence-electron chi connectivity index (χ0n) is 5.46. The third-order valence-electron chi connectivity index (χ3n) is 0.466. The van der Waals surface area contributed by atoms with Gasteiger partial charge in [-0.1, -0.05) is 0 Å². The Labute approximate surface area is 54.9 Å². The van der Waals surface area contributed by atoms with Crippen molar-refractivity contribution in [2.24, 2.45) is 0 Å². The third-order valence-corrected chi connectivity index (χ3v) is 1.40. The molecule has 0 saturated heterocycles. The summed E-state index contributed by atoms with van der Waals surface area (Å²) in [5.41, 5.74) is 0. The van der Waals surface area contributed by atoms with Gasteiger partial charge in [-0.3, -0.25) is 4.18 Å². The first-order valence-electron chi connectivity index (χ1n) is 2.07. The lowest BCUT2D eigenvalue weighted by atomic mass is 10.9. The first-order chi connectivity index (χ1) is 3.62. The molecule has 0 aromatic carbocycles. The molecule has 0 aromatic heterocycles. The summed E-state index contributed by atoms with van der Waals surface area (Å²) >= 11 is 0. The molecule has 0 rings (SSSR count). The topological polar surface area (TPSA) is 87.6 Å². The third kappa shape index (κ3) is 5.71. The number of hydrogen-bond donors (Lipinski definition) is 1. The van der Waals surface area contributed by atoms with Crippen molar-refractivity contribution in [3.8, 4) is 0 Å². The van der Waals surface area contributed by atoms with Crippen LogP contribution in [-0.2, 0) is 18.8 Å². The van der Waals surface area contributed by atoms with E-state index in [4.69, 9.17) is 0 Å². The molecule has 0 fully saturated rings. The molecule has 9 heavy (non-hydrogen) atoms. The second-order valence-electron chi connectivity index (χ2n) is 0.981. The average Bonchev–Trinajstić information content (AvgIpc) is 1.67. The highest BCUT2D eigenvalue weighted by atomic mass is 32.3. The molecule has 0 aliphatic heterocycles. The average molecular weight is 157 g/mol. The van der Waals surface area contributed by atoms with E-state index in [-0.39, 0.29) is 12.8 Å². The normalized spacial score (nSPS) is 10.4. The van der Waals surface area contributed by atoms with Crippen LogP contribution in [-0.4, -0.2) is 22.1 Å². The summed E-state index contributed by atoms with van der Waals surface area (Å²) in [6, 6.07) is 0. The molecule has 0 spiro atoms. The van der Waals surface area contributed by atoms with Gasteiger partial charge in [0.05, 0.1) is 13.7 Å². The Bertz CT molecular complexity index is 140. The van der Waals surface area contributed by atoms with Gasteiger partial charge in [0.25, 0.3) is 0 Å². The largest absolute Gasteiger partial charge is 0.399 e. The molecule has 0 unspecified atom stereocenters. The maximum atomic E-state index is 10.2. The van der Waals surface area contributed by atoms with E-state index in [2.05, 4.69) is 8.37 Å². The van der Waals surface area contributed by atoms with E-state index in [9.17, 15) is 8.42 Å². The second-order valence-corrected chi connectivity index (χ2v) is 2.37. The van der Waals surface area contributed by atoms with E-state index in [0.29, 0.717) is 0 Å². The van der Waals surface area contributed by atoms with E-state index < -0.39 is 10.4 Å². The van der Waals surface area contributed by atoms with Crippen LogP contribution in [0.4, 0.5) is 0 Å². The molecule has 0 amide bonds. The summed E-state index contributed by atoms with van der Waals surface area (Å²) in [6.07, 6.45) is 0. The molecular weight excluding hydrogens is 146 g/mol. The van der Waals surface area contributed by atoms with Crippen molar-refractivity contribution in [1.82, 2.24) is 6.15 Å². The summed E-state index contributed by atoms with van der Waals surface area (Å²) in [6.45, 7) is 1.67. The smallest absolute Gasteiger partial charge is 0.344 e. The Morgan fingerprint density at radius 1 is 1.44 bits per heavy atom. The van der Waals surface area contributed by atoms with E-state index in [1.54, 1.807) is 6.92 Å². The molecular formula is C3H11NO4S. The van der Waals surface area contributed by atoms with Crippen LogP contribution in [0.2, 0.25) is 0 Å². The summed E-state index contributed by atoms with van der Waals surface area (Å²) < 4.78 is 28.4. The first kappa shape index (κ1) is 11.6. The summed E-state index contributed by atoms with van der Waals surface area (Å²) in [5, 5.41) is 0. The van der Waals surface area contributed by atoms with Gasteiger partial charge in [0, 0.05) is 0 Å². The highest BCUT2D eigenvalue weighted by Crippen LogP contribution is 1.89. The lowest BCUT2D eigenvalue weighted by molar-refractivity contribution is 0.254. The minimum atomic E-state index is -3.67. The Morgan fingerprint density at radius 3 is 2.00 bits per heavy atom. The predicted octanol–water partition coefficient (Wildman–Crippen LogP) is 0.0761. The van der Waals surface area contributed by atoms with E-state index in [0.717, 1.165) is 7.11 Å². The van der Waals surface area contributed by atoms with Crippen molar-refractivity contribution in [3.05, 3.63) is 0 Å². The molecule has 3 N–H and O–H groups in total. The molecule has 0 heterocycles. The molecule has 0 radical (unpaired) electrons. The molecule has 0 aliphatic rings.